The summed E-state index contributed by atoms with van der Waals surface area (Å²) in [5.74, 6) is 0. The average molecular weight is 299 g/mol. The van der Waals surface area contributed by atoms with Crippen LogP contribution in [-0.4, -0.2) is 4.98 Å². The molecule has 0 aliphatic rings. The van der Waals surface area contributed by atoms with Crippen LogP contribution in [0.25, 0.3) is 0 Å². The molecule has 0 unspecified atom stereocenters. The zero-order valence-corrected chi connectivity index (χ0v) is 11.9. The SMILES string of the molecule is C=C/C(C)=C\C(=C/CC)Nc1ncc(Br)s1. The third kappa shape index (κ3) is 4.33. The van der Waals surface area contributed by atoms with E-state index in [9.17, 15) is 0 Å². The molecule has 16 heavy (non-hydrogen) atoms. The average Bonchev–Trinajstić information content (AvgIpc) is 2.64. The number of allylic oxidation sites excluding steroid dienone is 4. The molecule has 1 rings (SSSR count). The maximum absolute atomic E-state index is 4.24. The zero-order chi connectivity index (χ0) is 12.0. The molecule has 1 aromatic heterocycles. The summed E-state index contributed by atoms with van der Waals surface area (Å²) >= 11 is 4.97. The Bertz CT molecular complexity index is 418. The third-order valence-electron chi connectivity index (χ3n) is 1.86. The van der Waals surface area contributed by atoms with Gasteiger partial charge in [0.05, 0.1) is 9.98 Å². The molecule has 1 N–H and O–H groups in total. The van der Waals surface area contributed by atoms with Gasteiger partial charge in [0, 0.05) is 5.70 Å². The first-order valence-corrected chi connectivity index (χ1v) is 6.66. The van der Waals surface area contributed by atoms with Gasteiger partial charge in [0.1, 0.15) is 0 Å². The van der Waals surface area contributed by atoms with Crippen LogP contribution >= 0.6 is 27.3 Å². The van der Waals surface area contributed by atoms with E-state index >= 15 is 0 Å². The monoisotopic (exact) mass is 298 g/mol. The van der Waals surface area contributed by atoms with Crippen molar-refractivity contribution in [2.75, 3.05) is 5.32 Å². The van der Waals surface area contributed by atoms with Gasteiger partial charge in [0.25, 0.3) is 0 Å². The molecule has 0 aromatic carbocycles. The summed E-state index contributed by atoms with van der Waals surface area (Å²) < 4.78 is 1.02. The fourth-order valence-corrected chi connectivity index (χ4v) is 2.23. The summed E-state index contributed by atoms with van der Waals surface area (Å²) in [4.78, 5) is 4.24. The van der Waals surface area contributed by atoms with Crippen LogP contribution in [-0.2, 0) is 0 Å². The van der Waals surface area contributed by atoms with Crippen LogP contribution in [0.5, 0.6) is 0 Å². The van der Waals surface area contributed by atoms with E-state index < -0.39 is 0 Å². The lowest BCUT2D eigenvalue weighted by Gasteiger charge is -2.04. The molecule has 0 radical (unpaired) electrons. The maximum Gasteiger partial charge on any atom is 0.188 e. The maximum atomic E-state index is 4.24. The summed E-state index contributed by atoms with van der Waals surface area (Å²) in [6.07, 6.45) is 8.80. The zero-order valence-electron chi connectivity index (χ0n) is 9.46. The second kappa shape index (κ2) is 6.66. The molecule has 0 bridgehead atoms. The van der Waals surface area contributed by atoms with Crippen molar-refractivity contribution >= 4 is 32.4 Å². The molecule has 0 saturated heterocycles. The first-order chi connectivity index (χ1) is 7.65. The van der Waals surface area contributed by atoms with Crippen LogP contribution in [0, 0.1) is 0 Å². The Balaban J connectivity index is 2.80. The highest BCUT2D eigenvalue weighted by Gasteiger charge is 2.00. The molecule has 0 saturated carbocycles. The van der Waals surface area contributed by atoms with Gasteiger partial charge in [-0.05, 0) is 40.9 Å². The van der Waals surface area contributed by atoms with Crippen molar-refractivity contribution in [1.82, 2.24) is 4.98 Å². The molecule has 1 heterocycles. The highest BCUT2D eigenvalue weighted by atomic mass is 79.9. The molecule has 0 aliphatic carbocycles. The van der Waals surface area contributed by atoms with Crippen LogP contribution < -0.4 is 5.32 Å². The van der Waals surface area contributed by atoms with E-state index in [1.165, 1.54) is 0 Å². The van der Waals surface area contributed by atoms with Crippen molar-refractivity contribution in [2.45, 2.75) is 20.3 Å². The van der Waals surface area contributed by atoms with Crippen LogP contribution in [0.15, 0.2) is 46.1 Å². The van der Waals surface area contributed by atoms with Crippen molar-refractivity contribution in [3.8, 4) is 0 Å². The largest absolute Gasteiger partial charge is 0.332 e. The number of nitrogens with zero attached hydrogens (tertiary/aromatic N) is 1. The van der Waals surface area contributed by atoms with Gasteiger partial charge in [-0.2, -0.15) is 0 Å². The molecule has 86 valence electrons. The Morgan fingerprint density at radius 3 is 2.94 bits per heavy atom. The number of aromatic nitrogens is 1. The molecule has 2 nitrogen and oxygen atoms in total. The third-order valence-corrected chi connectivity index (χ3v) is 3.25. The van der Waals surface area contributed by atoms with E-state index in [0.717, 1.165) is 26.6 Å². The van der Waals surface area contributed by atoms with Crippen molar-refractivity contribution in [1.29, 1.82) is 0 Å². The minimum Gasteiger partial charge on any atom is -0.332 e. The van der Waals surface area contributed by atoms with Crippen LogP contribution in [0.3, 0.4) is 0 Å². The summed E-state index contributed by atoms with van der Waals surface area (Å²) in [6.45, 7) is 7.87. The van der Waals surface area contributed by atoms with Crippen molar-refractivity contribution in [2.24, 2.45) is 0 Å². The van der Waals surface area contributed by atoms with Crippen molar-refractivity contribution in [3.63, 3.8) is 0 Å². The normalized spacial score (nSPS) is 12.7. The number of halogens is 1. The molecule has 0 fully saturated rings. The fraction of sp³-hybridized carbons (Fsp3) is 0.250. The van der Waals surface area contributed by atoms with E-state index in [4.69, 9.17) is 0 Å². The lowest BCUT2D eigenvalue weighted by atomic mass is 10.2. The molecular formula is C12H15BrN2S. The minimum absolute atomic E-state index is 0.889. The summed E-state index contributed by atoms with van der Waals surface area (Å²) in [5.41, 5.74) is 2.18. The minimum atomic E-state index is 0.889. The highest BCUT2D eigenvalue weighted by Crippen LogP contribution is 2.24. The fourth-order valence-electron chi connectivity index (χ4n) is 1.11. The lowest BCUT2D eigenvalue weighted by molar-refractivity contribution is 1.19. The number of nitrogens with one attached hydrogen (secondary N) is 1. The van der Waals surface area contributed by atoms with Crippen LogP contribution in [0.4, 0.5) is 5.13 Å². The van der Waals surface area contributed by atoms with Crippen LogP contribution in [0.2, 0.25) is 0 Å². The van der Waals surface area contributed by atoms with Gasteiger partial charge in [-0.1, -0.05) is 37.0 Å². The quantitative estimate of drug-likeness (QED) is 0.794. The lowest BCUT2D eigenvalue weighted by Crippen LogP contribution is -1.96. The number of thiazole rings is 1. The van der Waals surface area contributed by atoms with E-state index in [1.54, 1.807) is 17.5 Å². The second-order valence-electron chi connectivity index (χ2n) is 3.25. The topological polar surface area (TPSA) is 24.9 Å². The van der Waals surface area contributed by atoms with Gasteiger partial charge in [0.15, 0.2) is 5.13 Å². The Morgan fingerprint density at radius 1 is 1.69 bits per heavy atom. The van der Waals surface area contributed by atoms with Gasteiger partial charge < -0.3 is 5.32 Å². The molecule has 1 aromatic rings. The number of hydrogen-bond donors (Lipinski definition) is 1. The standard InChI is InChI=1S/C12H15BrN2S/c1-4-6-10(7-9(3)5-2)15-12-14-8-11(13)16-12/h5-8H,2,4H2,1,3H3,(H,14,15)/b9-7-,10-6+. The molecule has 4 heteroatoms. The van der Waals surface area contributed by atoms with Gasteiger partial charge in [-0.3, -0.25) is 0 Å². The molecule has 0 atom stereocenters. The molecule has 0 amide bonds. The molecular weight excluding hydrogens is 284 g/mol. The second-order valence-corrected chi connectivity index (χ2v) is 5.66. The van der Waals surface area contributed by atoms with E-state index in [-0.39, 0.29) is 0 Å². The summed E-state index contributed by atoms with van der Waals surface area (Å²) in [5, 5.41) is 4.17. The van der Waals surface area contributed by atoms with Gasteiger partial charge >= 0.3 is 0 Å². The van der Waals surface area contributed by atoms with Gasteiger partial charge in [-0.25, -0.2) is 4.98 Å². The summed E-state index contributed by atoms with van der Waals surface area (Å²) in [7, 11) is 0. The van der Waals surface area contributed by atoms with Crippen LogP contribution in [0.1, 0.15) is 20.3 Å². The Kier molecular flexibility index (Phi) is 5.49. The Morgan fingerprint density at radius 2 is 2.44 bits per heavy atom. The van der Waals surface area contributed by atoms with E-state index in [0.29, 0.717) is 0 Å². The summed E-state index contributed by atoms with van der Waals surface area (Å²) in [6, 6.07) is 0. The number of hydrogen-bond acceptors (Lipinski definition) is 3. The van der Waals surface area contributed by atoms with E-state index in [2.05, 4.69) is 51.9 Å². The molecule has 0 aliphatic heterocycles. The van der Waals surface area contributed by atoms with Gasteiger partial charge in [0.2, 0.25) is 0 Å². The Hall–Kier alpha value is -0.870. The number of anilines is 1. The van der Waals surface area contributed by atoms with Crippen molar-refractivity contribution in [3.05, 3.63) is 46.1 Å². The first-order valence-electron chi connectivity index (χ1n) is 5.05. The van der Waals surface area contributed by atoms with Gasteiger partial charge in [-0.15, -0.1) is 0 Å². The highest BCUT2D eigenvalue weighted by molar-refractivity contribution is 9.11. The predicted molar refractivity (Wildman–Crippen MR) is 75.8 cm³/mol. The molecule has 0 spiro atoms. The first kappa shape index (κ1) is 13.2. The van der Waals surface area contributed by atoms with Crippen molar-refractivity contribution < 1.29 is 0 Å². The predicted octanol–water partition coefficient (Wildman–Crippen LogP) is 4.74. The smallest absolute Gasteiger partial charge is 0.188 e. The Labute approximate surface area is 109 Å². The van der Waals surface area contributed by atoms with E-state index in [1.807, 2.05) is 13.0 Å². The number of rotatable bonds is 5.